The van der Waals surface area contributed by atoms with Gasteiger partial charge in [-0.05, 0) is 82.4 Å². The summed E-state index contributed by atoms with van der Waals surface area (Å²) in [6.45, 7) is 9.31. The van der Waals surface area contributed by atoms with Gasteiger partial charge in [0, 0.05) is 25.2 Å². The summed E-state index contributed by atoms with van der Waals surface area (Å²) in [6, 6.07) is 0.293. The third-order valence-corrected chi connectivity index (χ3v) is 6.40. The number of rotatable bonds is 3. The van der Waals surface area contributed by atoms with Crippen LogP contribution in [0.4, 0.5) is 10.6 Å². The van der Waals surface area contributed by atoms with E-state index in [0.29, 0.717) is 0 Å². The Morgan fingerprint density at radius 1 is 1.32 bits per heavy atom. The van der Waals surface area contributed by atoms with Gasteiger partial charge >= 0.3 is 6.09 Å². The van der Waals surface area contributed by atoms with E-state index in [4.69, 9.17) is 14.5 Å². The fraction of sp³-hybridized carbons (Fsp3) is 0.714. The van der Waals surface area contributed by atoms with Crippen molar-refractivity contribution in [1.29, 1.82) is 0 Å². The summed E-state index contributed by atoms with van der Waals surface area (Å²) in [7, 11) is 0. The number of carbonyl (C=O) groups excluding carboxylic acids is 1. The van der Waals surface area contributed by atoms with Crippen LogP contribution < -0.4 is 10.2 Å². The molecule has 0 aromatic carbocycles. The first-order valence-electron chi connectivity index (χ1n) is 11.0. The second-order valence-electron chi connectivity index (χ2n) is 9.37. The number of alkyl carbamates (subject to hydrolysis) is 1. The van der Waals surface area contributed by atoms with Gasteiger partial charge in [0.05, 0.1) is 6.20 Å². The molecule has 2 unspecified atom stereocenters. The number of nitrogens with zero attached hydrogens (tertiary/aromatic N) is 5. The van der Waals surface area contributed by atoms with Gasteiger partial charge < -0.3 is 19.7 Å². The van der Waals surface area contributed by atoms with Crippen molar-refractivity contribution in [3.8, 4) is 0 Å². The van der Waals surface area contributed by atoms with Crippen LogP contribution in [0.15, 0.2) is 6.20 Å². The number of carbonyl (C=O) groups is 1. The molecule has 0 aliphatic carbocycles. The van der Waals surface area contributed by atoms with E-state index in [-0.39, 0.29) is 24.4 Å². The molecule has 0 spiro atoms. The number of ether oxygens (including phenoxy) is 2. The molecule has 3 atom stereocenters. The van der Waals surface area contributed by atoms with E-state index in [1.807, 2.05) is 31.6 Å². The van der Waals surface area contributed by atoms with E-state index in [1.165, 1.54) is 0 Å². The Hall–Kier alpha value is -1.69. The van der Waals surface area contributed by atoms with Gasteiger partial charge in [-0.15, -0.1) is 0 Å². The number of aromatic nitrogens is 4. The number of hydrogen-bond acceptors (Lipinski definition) is 7. The van der Waals surface area contributed by atoms with Gasteiger partial charge in [0.2, 0.25) is 0 Å². The zero-order valence-corrected chi connectivity index (χ0v) is 20.8. The van der Waals surface area contributed by atoms with Gasteiger partial charge in [-0.3, -0.25) is 0 Å². The molecule has 2 aromatic heterocycles. The van der Waals surface area contributed by atoms with Crippen LogP contribution in [0, 0.1) is 3.70 Å². The number of piperidine rings is 1. The first-order chi connectivity index (χ1) is 14.7. The molecular formula is C21H31IN6O3. The molecule has 10 heteroatoms. The van der Waals surface area contributed by atoms with Gasteiger partial charge in [-0.1, -0.05) is 0 Å². The Morgan fingerprint density at radius 2 is 2.13 bits per heavy atom. The second kappa shape index (κ2) is 9.05. The number of halogens is 1. The molecule has 4 heterocycles. The Kier molecular flexibility index (Phi) is 6.57. The third kappa shape index (κ3) is 5.21. The number of anilines is 1. The highest BCUT2D eigenvalue weighted by atomic mass is 127. The minimum absolute atomic E-state index is 0.0782. The van der Waals surface area contributed by atoms with Crippen molar-refractivity contribution >= 4 is 45.7 Å². The van der Waals surface area contributed by atoms with Crippen LogP contribution in [0.1, 0.15) is 66.0 Å². The summed E-state index contributed by atoms with van der Waals surface area (Å²) >= 11 is 2.21. The molecule has 9 nitrogen and oxygen atoms in total. The maximum atomic E-state index is 12.1. The van der Waals surface area contributed by atoms with E-state index in [9.17, 15) is 4.79 Å². The lowest BCUT2D eigenvalue weighted by Crippen LogP contribution is -2.50. The van der Waals surface area contributed by atoms with E-state index in [1.54, 1.807) is 0 Å². The summed E-state index contributed by atoms with van der Waals surface area (Å²) in [5.74, 6) is 0.837. The molecular weight excluding hydrogens is 511 g/mol. The quantitative estimate of drug-likeness (QED) is 0.586. The molecule has 1 amide bonds. The molecule has 0 saturated carbocycles. The van der Waals surface area contributed by atoms with Crippen molar-refractivity contribution in [2.45, 2.75) is 83.7 Å². The Bertz CT molecular complexity index is 937. The number of nitrogens with one attached hydrogen (secondary N) is 1. The van der Waals surface area contributed by atoms with E-state index >= 15 is 0 Å². The average Bonchev–Trinajstić information content (AvgIpc) is 3.03. The zero-order valence-electron chi connectivity index (χ0n) is 18.6. The summed E-state index contributed by atoms with van der Waals surface area (Å²) in [5, 5.41) is 7.67. The van der Waals surface area contributed by atoms with Crippen molar-refractivity contribution < 1.29 is 14.3 Å². The summed E-state index contributed by atoms with van der Waals surface area (Å²) < 4.78 is 14.1. The predicted octanol–water partition coefficient (Wildman–Crippen LogP) is 4.01. The van der Waals surface area contributed by atoms with Crippen LogP contribution in [0.25, 0.3) is 11.2 Å². The largest absolute Gasteiger partial charge is 0.444 e. The molecule has 31 heavy (non-hydrogen) atoms. The van der Waals surface area contributed by atoms with Crippen LogP contribution in [-0.4, -0.2) is 56.7 Å². The number of fused-ring (bicyclic) bond motifs is 1. The monoisotopic (exact) mass is 542 g/mol. The number of amides is 1. The van der Waals surface area contributed by atoms with E-state index < -0.39 is 5.60 Å². The van der Waals surface area contributed by atoms with Crippen LogP contribution in [-0.2, 0) is 9.47 Å². The second-order valence-corrected chi connectivity index (χ2v) is 10.4. The Labute approximate surface area is 196 Å². The summed E-state index contributed by atoms with van der Waals surface area (Å²) in [6.07, 6.45) is 6.20. The smallest absolute Gasteiger partial charge is 0.407 e. The fourth-order valence-corrected chi connectivity index (χ4v) is 4.85. The average molecular weight is 542 g/mol. The molecule has 2 fully saturated rings. The fourth-order valence-electron chi connectivity index (χ4n) is 4.24. The van der Waals surface area contributed by atoms with Crippen molar-refractivity contribution in [2.75, 3.05) is 18.1 Å². The highest BCUT2D eigenvalue weighted by Gasteiger charge is 2.30. The maximum Gasteiger partial charge on any atom is 0.407 e. The third-order valence-electron chi connectivity index (χ3n) is 5.67. The van der Waals surface area contributed by atoms with Crippen molar-refractivity contribution in [3.63, 3.8) is 0 Å². The van der Waals surface area contributed by atoms with Crippen LogP contribution >= 0.6 is 22.6 Å². The molecule has 2 aromatic rings. The highest BCUT2D eigenvalue weighted by molar-refractivity contribution is 14.1. The molecule has 4 rings (SSSR count). The van der Waals surface area contributed by atoms with Crippen LogP contribution in [0.3, 0.4) is 0 Å². The van der Waals surface area contributed by atoms with Gasteiger partial charge in [0.15, 0.2) is 15.6 Å². The normalized spacial score (nSPS) is 24.9. The van der Waals surface area contributed by atoms with Gasteiger partial charge in [-0.25, -0.2) is 19.4 Å². The van der Waals surface area contributed by atoms with Crippen molar-refractivity contribution in [2.24, 2.45) is 0 Å². The first kappa shape index (κ1) is 22.5. The van der Waals surface area contributed by atoms with Crippen LogP contribution in [0.2, 0.25) is 0 Å². The number of hydrogen-bond donors (Lipinski definition) is 1. The SMILES string of the molecule is C[C@@H]1CC(NC(=O)OC(C)(C)C)CCN1c1cnc2c(I)nn(C3CCCCO3)c2n1. The minimum atomic E-state index is -0.496. The minimum Gasteiger partial charge on any atom is -0.444 e. The standard InChI is InChI=1S/C21H31IN6O3/c1-13-11-14(24-20(29)31-21(2,3)4)8-9-27(13)15-12-23-17-18(22)26-28(19(17)25-15)16-7-5-6-10-30-16/h12-14,16H,5-11H2,1-4H3,(H,24,29)/t13-,14?,16?/m1/s1. The van der Waals surface area contributed by atoms with Gasteiger partial charge in [0.25, 0.3) is 0 Å². The molecule has 170 valence electrons. The molecule has 2 aliphatic heterocycles. The molecule has 0 bridgehead atoms. The van der Waals surface area contributed by atoms with Crippen LogP contribution in [0.5, 0.6) is 0 Å². The lowest BCUT2D eigenvalue weighted by atomic mass is 9.98. The Morgan fingerprint density at radius 3 is 2.81 bits per heavy atom. The van der Waals surface area contributed by atoms with E-state index in [2.05, 4.69) is 49.8 Å². The van der Waals surface area contributed by atoms with Crippen molar-refractivity contribution in [1.82, 2.24) is 25.1 Å². The Balaban J connectivity index is 1.48. The molecule has 2 aliphatic rings. The topological polar surface area (TPSA) is 94.4 Å². The van der Waals surface area contributed by atoms with Gasteiger partial charge in [-0.2, -0.15) is 5.10 Å². The molecule has 0 radical (unpaired) electrons. The van der Waals surface area contributed by atoms with Gasteiger partial charge in [0.1, 0.15) is 16.9 Å². The molecule has 1 N–H and O–H groups in total. The predicted molar refractivity (Wildman–Crippen MR) is 126 cm³/mol. The maximum absolute atomic E-state index is 12.1. The van der Waals surface area contributed by atoms with E-state index in [0.717, 1.165) is 65.9 Å². The lowest BCUT2D eigenvalue weighted by Gasteiger charge is -2.38. The summed E-state index contributed by atoms with van der Waals surface area (Å²) in [5.41, 5.74) is 1.09. The van der Waals surface area contributed by atoms with Crippen molar-refractivity contribution in [3.05, 3.63) is 9.90 Å². The zero-order chi connectivity index (χ0) is 22.2. The first-order valence-corrected chi connectivity index (χ1v) is 12.1. The molecule has 2 saturated heterocycles. The highest BCUT2D eigenvalue weighted by Crippen LogP contribution is 2.30. The summed E-state index contributed by atoms with van der Waals surface area (Å²) in [4.78, 5) is 24.0. The lowest BCUT2D eigenvalue weighted by molar-refractivity contribution is -0.0372.